The summed E-state index contributed by atoms with van der Waals surface area (Å²) in [7, 11) is 0. The molecular formula is C28H44N4O7. The summed E-state index contributed by atoms with van der Waals surface area (Å²) < 4.78 is 10.5. The molecule has 0 saturated heterocycles. The summed E-state index contributed by atoms with van der Waals surface area (Å²) in [6.07, 6.45) is -0.424. The molecule has 0 heterocycles. The maximum atomic E-state index is 13.2. The third-order valence-corrected chi connectivity index (χ3v) is 5.95. The average Bonchev–Trinajstić information content (AvgIpc) is 2.85. The van der Waals surface area contributed by atoms with Crippen molar-refractivity contribution in [3.63, 3.8) is 0 Å². The number of primary amides is 1. The number of carbonyl (C=O) groups is 5. The summed E-state index contributed by atoms with van der Waals surface area (Å²) in [5.41, 5.74) is 5.55. The first-order valence-corrected chi connectivity index (χ1v) is 13.2. The number of hydrogen-bond donors (Lipinski definition) is 4. The highest BCUT2D eigenvalue weighted by Gasteiger charge is 2.33. The summed E-state index contributed by atoms with van der Waals surface area (Å²) >= 11 is 0. The van der Waals surface area contributed by atoms with Gasteiger partial charge in [-0.2, -0.15) is 0 Å². The number of benzene rings is 1. The van der Waals surface area contributed by atoms with Crippen LogP contribution in [-0.4, -0.2) is 53.5 Å². The molecule has 218 valence electrons. The predicted molar refractivity (Wildman–Crippen MR) is 146 cm³/mol. The normalized spacial score (nSPS) is 14.4. The van der Waals surface area contributed by atoms with Crippen LogP contribution >= 0.6 is 0 Å². The van der Waals surface area contributed by atoms with Crippen LogP contribution in [0.1, 0.15) is 73.3 Å². The van der Waals surface area contributed by atoms with Gasteiger partial charge in [-0.15, -0.1) is 0 Å². The van der Waals surface area contributed by atoms with Crippen LogP contribution in [-0.2, 0) is 35.3 Å². The number of rotatable bonds is 14. The van der Waals surface area contributed by atoms with Gasteiger partial charge in [0.15, 0.2) is 0 Å². The minimum Gasteiger partial charge on any atom is -0.461 e. The SMILES string of the molecule is CC[C@H](C)[C@H](NC(=O)[C@H](NC(=O)OC(C)(C)C)C(C)C)C(=O)N[C@@H](CCC(=O)OCc1ccccc1)C(N)=O. The second-order valence-corrected chi connectivity index (χ2v) is 10.9. The Morgan fingerprint density at radius 1 is 0.897 bits per heavy atom. The van der Waals surface area contributed by atoms with Gasteiger partial charge in [-0.25, -0.2) is 4.79 Å². The van der Waals surface area contributed by atoms with Gasteiger partial charge < -0.3 is 31.2 Å². The number of nitrogens with two attached hydrogens (primary N) is 1. The highest BCUT2D eigenvalue weighted by atomic mass is 16.6. The molecule has 0 aliphatic carbocycles. The van der Waals surface area contributed by atoms with E-state index >= 15 is 0 Å². The number of hydrogen-bond acceptors (Lipinski definition) is 7. The van der Waals surface area contributed by atoms with Crippen molar-refractivity contribution >= 4 is 29.8 Å². The molecule has 0 spiro atoms. The van der Waals surface area contributed by atoms with E-state index in [-0.39, 0.29) is 31.3 Å². The zero-order valence-electron chi connectivity index (χ0n) is 24.0. The maximum absolute atomic E-state index is 13.2. The lowest BCUT2D eigenvalue weighted by Crippen LogP contribution is -2.59. The van der Waals surface area contributed by atoms with Crippen LogP contribution in [0.2, 0.25) is 0 Å². The summed E-state index contributed by atoms with van der Waals surface area (Å²) in [6, 6.07) is 6.00. The van der Waals surface area contributed by atoms with Crippen LogP contribution < -0.4 is 21.7 Å². The fourth-order valence-corrected chi connectivity index (χ4v) is 3.53. The van der Waals surface area contributed by atoms with Crippen molar-refractivity contribution in [3.05, 3.63) is 35.9 Å². The molecule has 11 heteroatoms. The van der Waals surface area contributed by atoms with E-state index in [4.69, 9.17) is 15.2 Å². The molecule has 39 heavy (non-hydrogen) atoms. The lowest BCUT2D eigenvalue weighted by Gasteiger charge is -2.29. The molecule has 0 aromatic heterocycles. The van der Waals surface area contributed by atoms with Crippen LogP contribution in [0.4, 0.5) is 4.79 Å². The first-order valence-electron chi connectivity index (χ1n) is 13.2. The molecule has 1 aromatic rings. The zero-order valence-corrected chi connectivity index (χ0v) is 24.0. The van der Waals surface area contributed by atoms with Gasteiger partial charge in [-0.05, 0) is 44.6 Å². The first kappa shape index (κ1) is 33.4. The van der Waals surface area contributed by atoms with Crippen molar-refractivity contribution in [1.29, 1.82) is 0 Å². The van der Waals surface area contributed by atoms with E-state index < -0.39 is 53.5 Å². The van der Waals surface area contributed by atoms with Crippen molar-refractivity contribution in [2.45, 2.75) is 98.1 Å². The number of amides is 4. The van der Waals surface area contributed by atoms with E-state index in [9.17, 15) is 24.0 Å². The monoisotopic (exact) mass is 548 g/mol. The molecule has 0 radical (unpaired) electrons. The molecule has 1 rings (SSSR count). The Kier molecular flexibility index (Phi) is 13.4. The van der Waals surface area contributed by atoms with E-state index in [1.165, 1.54) is 0 Å². The third-order valence-electron chi connectivity index (χ3n) is 5.95. The van der Waals surface area contributed by atoms with Gasteiger partial charge in [0, 0.05) is 6.42 Å². The molecule has 0 unspecified atom stereocenters. The van der Waals surface area contributed by atoms with Gasteiger partial charge in [0.1, 0.15) is 30.3 Å². The lowest BCUT2D eigenvalue weighted by atomic mass is 9.96. The second-order valence-electron chi connectivity index (χ2n) is 10.9. The molecule has 0 fully saturated rings. The molecule has 0 saturated carbocycles. The topological polar surface area (TPSA) is 166 Å². The summed E-state index contributed by atoms with van der Waals surface area (Å²) in [5, 5.41) is 7.82. The molecule has 4 amide bonds. The van der Waals surface area contributed by atoms with E-state index in [1.807, 2.05) is 37.3 Å². The number of esters is 1. The molecular weight excluding hydrogens is 504 g/mol. The number of alkyl carbamates (subject to hydrolysis) is 1. The van der Waals surface area contributed by atoms with Crippen molar-refractivity contribution in [2.24, 2.45) is 17.6 Å². The van der Waals surface area contributed by atoms with Crippen molar-refractivity contribution < 1.29 is 33.4 Å². The van der Waals surface area contributed by atoms with Crippen molar-refractivity contribution in [3.8, 4) is 0 Å². The maximum Gasteiger partial charge on any atom is 0.408 e. The molecule has 5 N–H and O–H groups in total. The number of nitrogens with one attached hydrogen (secondary N) is 3. The van der Waals surface area contributed by atoms with Crippen LogP contribution in [0.5, 0.6) is 0 Å². The van der Waals surface area contributed by atoms with Gasteiger partial charge in [0.2, 0.25) is 17.7 Å². The Hall–Kier alpha value is -3.63. The minimum atomic E-state index is -1.15. The highest BCUT2D eigenvalue weighted by Crippen LogP contribution is 2.13. The Morgan fingerprint density at radius 3 is 2.00 bits per heavy atom. The Bertz CT molecular complexity index is 976. The van der Waals surface area contributed by atoms with Gasteiger partial charge >= 0.3 is 12.1 Å². The number of carbonyl (C=O) groups excluding carboxylic acids is 5. The summed E-state index contributed by atoms with van der Waals surface area (Å²) in [6.45, 7) is 12.3. The first-order chi connectivity index (χ1) is 18.1. The standard InChI is InChI=1S/C28H44N4O7/c1-8-18(4)23(31-25(35)22(17(2)3)32-27(37)39-28(5,6)7)26(36)30-20(24(29)34)14-15-21(33)38-16-19-12-10-9-11-13-19/h9-13,17-18,20,22-23H,8,14-16H2,1-7H3,(H2,29,34)(H,30,36)(H,31,35)(H,32,37)/t18-,20-,22+,23-/m0/s1. The zero-order chi connectivity index (χ0) is 29.8. The number of ether oxygens (including phenoxy) is 2. The Morgan fingerprint density at radius 2 is 1.49 bits per heavy atom. The Balaban J connectivity index is 2.84. The van der Waals surface area contributed by atoms with E-state index in [0.717, 1.165) is 5.56 Å². The molecule has 1 aromatic carbocycles. The second kappa shape index (κ2) is 15.7. The predicted octanol–water partition coefficient (Wildman–Crippen LogP) is 2.56. The molecule has 0 aliphatic rings. The average molecular weight is 549 g/mol. The van der Waals surface area contributed by atoms with Gasteiger partial charge in [-0.1, -0.05) is 64.4 Å². The smallest absolute Gasteiger partial charge is 0.408 e. The van der Waals surface area contributed by atoms with Crippen molar-refractivity contribution in [2.75, 3.05) is 0 Å². The van der Waals surface area contributed by atoms with Gasteiger partial charge in [0.05, 0.1) is 0 Å². The van der Waals surface area contributed by atoms with Crippen molar-refractivity contribution in [1.82, 2.24) is 16.0 Å². The molecule has 0 aliphatic heterocycles. The van der Waals surface area contributed by atoms with Crippen LogP contribution in [0.3, 0.4) is 0 Å². The molecule has 0 bridgehead atoms. The third kappa shape index (κ3) is 12.6. The highest BCUT2D eigenvalue weighted by molar-refractivity contribution is 5.94. The minimum absolute atomic E-state index is 0.0648. The molecule has 4 atom stereocenters. The summed E-state index contributed by atoms with van der Waals surface area (Å²) in [5.74, 6) is -3.18. The van der Waals surface area contributed by atoms with E-state index in [2.05, 4.69) is 16.0 Å². The van der Waals surface area contributed by atoms with Crippen LogP contribution in [0, 0.1) is 11.8 Å². The fraction of sp³-hybridized carbons (Fsp3) is 0.607. The quantitative estimate of drug-likeness (QED) is 0.259. The van der Waals surface area contributed by atoms with Crippen LogP contribution in [0.15, 0.2) is 30.3 Å². The van der Waals surface area contributed by atoms with Gasteiger partial charge in [-0.3, -0.25) is 19.2 Å². The molecule has 11 nitrogen and oxygen atoms in total. The largest absolute Gasteiger partial charge is 0.461 e. The van der Waals surface area contributed by atoms with E-state index in [0.29, 0.717) is 6.42 Å². The lowest BCUT2D eigenvalue weighted by molar-refractivity contribution is -0.145. The Labute approximate surface area is 230 Å². The fourth-order valence-electron chi connectivity index (χ4n) is 3.53. The van der Waals surface area contributed by atoms with Gasteiger partial charge in [0.25, 0.3) is 0 Å². The van der Waals surface area contributed by atoms with E-state index in [1.54, 1.807) is 41.5 Å². The van der Waals surface area contributed by atoms with Crippen LogP contribution in [0.25, 0.3) is 0 Å². The summed E-state index contributed by atoms with van der Waals surface area (Å²) in [4.78, 5) is 62.8.